The third-order valence-corrected chi connectivity index (χ3v) is 8.25. The van der Waals surface area contributed by atoms with Gasteiger partial charge in [0.2, 0.25) is 0 Å². The van der Waals surface area contributed by atoms with Crippen molar-refractivity contribution in [1.82, 2.24) is 9.47 Å². The molecule has 0 unspecified atom stereocenters. The third-order valence-electron chi connectivity index (χ3n) is 6.87. The molecule has 0 atom stereocenters. The molecule has 0 aliphatic carbocycles. The number of thioether (sulfide) groups is 1. The van der Waals surface area contributed by atoms with Crippen molar-refractivity contribution in [1.29, 1.82) is 5.26 Å². The van der Waals surface area contributed by atoms with Gasteiger partial charge in [-0.05, 0) is 50.7 Å². The number of piperidine rings is 1. The number of pyridine rings is 1. The summed E-state index contributed by atoms with van der Waals surface area (Å²) in [7, 11) is 0. The van der Waals surface area contributed by atoms with Crippen LogP contribution in [0, 0.1) is 18.3 Å². The molecule has 0 saturated carbocycles. The van der Waals surface area contributed by atoms with Gasteiger partial charge in [0.1, 0.15) is 21.8 Å². The second kappa shape index (κ2) is 13.3. The number of hydrogen-bond acceptors (Lipinski definition) is 6. The SMILES string of the molecule is CCCCCCCN1C(=O)/C(=C/c2c(C)c(C#N)c(=O)n(CCCC)c2N2CCCCC2)SC1=S. The van der Waals surface area contributed by atoms with E-state index in [-0.39, 0.29) is 17.0 Å². The van der Waals surface area contributed by atoms with Crippen molar-refractivity contribution < 1.29 is 4.79 Å². The summed E-state index contributed by atoms with van der Waals surface area (Å²) in [5, 5.41) is 9.83. The number of unbranched alkanes of at least 4 members (excludes halogenated alkanes) is 5. The smallest absolute Gasteiger partial charge is 0.270 e. The van der Waals surface area contributed by atoms with E-state index in [1.807, 2.05) is 13.0 Å². The molecule has 0 spiro atoms. The van der Waals surface area contributed by atoms with Crippen LogP contribution >= 0.6 is 24.0 Å². The Morgan fingerprint density at radius 1 is 1.00 bits per heavy atom. The molecule has 35 heavy (non-hydrogen) atoms. The molecule has 1 aromatic rings. The normalized spacial score (nSPS) is 17.5. The number of thiocarbonyl (C=S) groups is 1. The topological polar surface area (TPSA) is 69.3 Å². The molecule has 190 valence electrons. The zero-order valence-corrected chi connectivity index (χ0v) is 23.0. The van der Waals surface area contributed by atoms with Gasteiger partial charge < -0.3 is 4.90 Å². The van der Waals surface area contributed by atoms with Crippen molar-refractivity contribution >= 4 is 46.1 Å². The number of carbonyl (C=O) groups excluding carboxylic acids is 1. The zero-order chi connectivity index (χ0) is 25.4. The molecule has 0 radical (unpaired) electrons. The molecular weight excluding hydrogens is 476 g/mol. The van der Waals surface area contributed by atoms with Crippen LogP contribution in [0.5, 0.6) is 0 Å². The first-order valence-electron chi connectivity index (χ1n) is 13.1. The molecule has 2 aliphatic heterocycles. The summed E-state index contributed by atoms with van der Waals surface area (Å²) in [4.78, 5) is 31.2. The first-order valence-corrected chi connectivity index (χ1v) is 14.3. The van der Waals surface area contributed by atoms with Gasteiger partial charge in [0.05, 0.1) is 4.91 Å². The molecule has 2 fully saturated rings. The van der Waals surface area contributed by atoms with E-state index in [1.165, 1.54) is 37.4 Å². The molecule has 3 heterocycles. The van der Waals surface area contributed by atoms with Crippen LogP contribution in [0.25, 0.3) is 6.08 Å². The maximum atomic E-state index is 13.3. The number of aromatic nitrogens is 1. The molecule has 0 aromatic carbocycles. The largest absolute Gasteiger partial charge is 0.357 e. The maximum Gasteiger partial charge on any atom is 0.270 e. The Morgan fingerprint density at radius 2 is 1.69 bits per heavy atom. The fourth-order valence-electron chi connectivity index (χ4n) is 4.81. The van der Waals surface area contributed by atoms with E-state index >= 15 is 0 Å². The lowest BCUT2D eigenvalue weighted by Gasteiger charge is -2.33. The minimum Gasteiger partial charge on any atom is -0.357 e. The number of hydrogen-bond donors (Lipinski definition) is 0. The van der Waals surface area contributed by atoms with Gasteiger partial charge in [-0.2, -0.15) is 5.26 Å². The number of nitrogens with zero attached hydrogens (tertiary/aromatic N) is 4. The quantitative estimate of drug-likeness (QED) is 0.205. The van der Waals surface area contributed by atoms with E-state index in [9.17, 15) is 14.9 Å². The molecular formula is C27H38N4O2S2. The van der Waals surface area contributed by atoms with Crippen LogP contribution in [-0.4, -0.2) is 39.3 Å². The highest BCUT2D eigenvalue weighted by Gasteiger charge is 2.33. The summed E-state index contributed by atoms with van der Waals surface area (Å²) in [5.74, 6) is 0.786. The van der Waals surface area contributed by atoms with Crippen molar-refractivity contribution in [3.8, 4) is 6.07 Å². The fraction of sp³-hybridized carbons (Fsp3) is 0.630. The summed E-state index contributed by atoms with van der Waals surface area (Å²) >= 11 is 6.89. The lowest BCUT2D eigenvalue weighted by molar-refractivity contribution is -0.122. The maximum absolute atomic E-state index is 13.3. The van der Waals surface area contributed by atoms with Gasteiger partial charge >= 0.3 is 0 Å². The molecule has 0 N–H and O–H groups in total. The van der Waals surface area contributed by atoms with Crippen LogP contribution in [0.4, 0.5) is 5.82 Å². The van der Waals surface area contributed by atoms with Crippen LogP contribution in [0.3, 0.4) is 0 Å². The second-order valence-corrected chi connectivity index (χ2v) is 11.1. The second-order valence-electron chi connectivity index (χ2n) is 9.45. The predicted octanol–water partition coefficient (Wildman–Crippen LogP) is 5.99. The summed E-state index contributed by atoms with van der Waals surface area (Å²) in [6, 6.07) is 2.14. The number of anilines is 1. The average molecular weight is 515 g/mol. The van der Waals surface area contributed by atoms with Gasteiger partial charge in [-0.3, -0.25) is 19.1 Å². The van der Waals surface area contributed by atoms with Gasteiger partial charge in [-0.15, -0.1) is 0 Å². The third kappa shape index (κ3) is 6.37. The van der Waals surface area contributed by atoms with E-state index in [2.05, 4.69) is 24.8 Å². The van der Waals surface area contributed by atoms with Crippen molar-refractivity contribution in [3.05, 3.63) is 31.9 Å². The van der Waals surface area contributed by atoms with E-state index < -0.39 is 0 Å². The predicted molar refractivity (Wildman–Crippen MR) is 150 cm³/mol. The van der Waals surface area contributed by atoms with Crippen LogP contribution in [0.1, 0.15) is 94.7 Å². The van der Waals surface area contributed by atoms with E-state index in [0.717, 1.165) is 63.0 Å². The zero-order valence-electron chi connectivity index (χ0n) is 21.4. The van der Waals surface area contributed by atoms with Gasteiger partial charge in [-0.25, -0.2) is 0 Å². The van der Waals surface area contributed by atoms with Gasteiger partial charge in [-0.1, -0.05) is 69.9 Å². The van der Waals surface area contributed by atoms with Gasteiger partial charge in [0.25, 0.3) is 11.5 Å². The molecule has 0 bridgehead atoms. The summed E-state index contributed by atoms with van der Waals surface area (Å²) < 4.78 is 2.37. The Hall–Kier alpha value is -2.11. The Morgan fingerprint density at radius 3 is 2.34 bits per heavy atom. The van der Waals surface area contributed by atoms with Crippen molar-refractivity contribution in [2.75, 3.05) is 24.5 Å². The van der Waals surface area contributed by atoms with Crippen molar-refractivity contribution in [3.63, 3.8) is 0 Å². The van der Waals surface area contributed by atoms with E-state index in [1.54, 1.807) is 9.47 Å². The first kappa shape index (κ1) is 27.5. The average Bonchev–Trinajstić information content (AvgIpc) is 3.12. The summed E-state index contributed by atoms with van der Waals surface area (Å²) in [6.45, 7) is 9.07. The number of rotatable bonds is 11. The minimum absolute atomic E-state index is 0.0655. The van der Waals surface area contributed by atoms with Crippen molar-refractivity contribution in [2.24, 2.45) is 0 Å². The lowest BCUT2D eigenvalue weighted by Crippen LogP contribution is -2.37. The molecule has 2 saturated heterocycles. The molecule has 1 amide bonds. The fourth-order valence-corrected chi connectivity index (χ4v) is 6.10. The van der Waals surface area contributed by atoms with Crippen LogP contribution in [-0.2, 0) is 11.3 Å². The van der Waals surface area contributed by atoms with Crippen LogP contribution < -0.4 is 10.5 Å². The lowest BCUT2D eigenvalue weighted by atomic mass is 10.0. The van der Waals surface area contributed by atoms with E-state index in [4.69, 9.17) is 12.2 Å². The summed E-state index contributed by atoms with van der Waals surface area (Å²) in [6.07, 6.45) is 12.6. The van der Waals surface area contributed by atoms with Crippen molar-refractivity contribution in [2.45, 2.75) is 91.5 Å². The summed E-state index contributed by atoms with van der Waals surface area (Å²) in [5.41, 5.74) is 1.40. The number of nitriles is 1. The molecule has 2 aliphatic rings. The van der Waals surface area contributed by atoms with Crippen LogP contribution in [0.15, 0.2) is 9.70 Å². The highest BCUT2D eigenvalue weighted by atomic mass is 32.2. The molecule has 6 nitrogen and oxygen atoms in total. The molecule has 8 heteroatoms. The monoisotopic (exact) mass is 514 g/mol. The van der Waals surface area contributed by atoms with E-state index in [0.29, 0.717) is 27.9 Å². The first-order chi connectivity index (χ1) is 16.9. The minimum atomic E-state index is -0.226. The Kier molecular flexibility index (Phi) is 10.4. The van der Waals surface area contributed by atoms with Gasteiger partial charge in [0.15, 0.2) is 0 Å². The number of carbonyl (C=O) groups is 1. The Balaban J connectivity index is 2.03. The number of amides is 1. The highest BCUT2D eigenvalue weighted by Crippen LogP contribution is 2.36. The Labute approximate surface area is 219 Å². The molecule has 3 rings (SSSR count). The molecule has 1 aromatic heterocycles. The van der Waals surface area contributed by atoms with Crippen LogP contribution in [0.2, 0.25) is 0 Å². The van der Waals surface area contributed by atoms with Gasteiger partial charge in [0, 0.05) is 31.7 Å². The Bertz CT molecular complexity index is 1060. The standard InChI is InChI=1S/C27H38N4O2S2/c1-4-6-8-9-13-17-31-26(33)23(35-27(31)34)18-21-20(3)22(19-28)25(32)30(16-7-5-2)24(21)29-14-11-10-12-15-29/h18H,4-17H2,1-3H3/b23-18-. The highest BCUT2D eigenvalue weighted by molar-refractivity contribution is 8.26.